The van der Waals surface area contributed by atoms with Crippen molar-refractivity contribution in [3.63, 3.8) is 0 Å². The number of rotatable bonds is 3. The molecule has 0 aromatic heterocycles. The van der Waals surface area contributed by atoms with Crippen LogP contribution >= 0.6 is 0 Å². The molecule has 20 heavy (non-hydrogen) atoms. The van der Waals surface area contributed by atoms with E-state index in [0.717, 1.165) is 19.4 Å². The average molecular weight is 273 g/mol. The number of amides is 1. The van der Waals surface area contributed by atoms with E-state index in [1.165, 1.54) is 5.56 Å². The number of hydrogen-bond acceptors (Lipinski definition) is 2. The van der Waals surface area contributed by atoms with Gasteiger partial charge in [-0.25, -0.2) is 0 Å². The van der Waals surface area contributed by atoms with Crippen molar-refractivity contribution in [2.75, 3.05) is 6.54 Å². The van der Waals surface area contributed by atoms with E-state index >= 15 is 0 Å². The Kier molecular flexibility index (Phi) is 4.26. The second-order valence-corrected chi connectivity index (χ2v) is 6.58. The van der Waals surface area contributed by atoms with Crippen molar-refractivity contribution in [2.24, 2.45) is 5.92 Å². The number of carbonyl (C=O) groups excluding carboxylic acids is 2. The van der Waals surface area contributed by atoms with Gasteiger partial charge >= 0.3 is 0 Å². The van der Waals surface area contributed by atoms with Crippen molar-refractivity contribution in [2.45, 2.75) is 45.4 Å². The van der Waals surface area contributed by atoms with Crippen LogP contribution in [-0.2, 0) is 10.2 Å². The second-order valence-electron chi connectivity index (χ2n) is 6.58. The van der Waals surface area contributed by atoms with E-state index in [1.807, 2.05) is 24.3 Å². The molecule has 1 aliphatic rings. The molecule has 0 unspecified atom stereocenters. The summed E-state index contributed by atoms with van der Waals surface area (Å²) >= 11 is 0. The number of hydrogen-bond donors (Lipinski definition) is 1. The zero-order valence-electron chi connectivity index (χ0n) is 12.5. The summed E-state index contributed by atoms with van der Waals surface area (Å²) in [5, 5.41) is 2.83. The predicted molar refractivity (Wildman–Crippen MR) is 79.8 cm³/mol. The van der Waals surface area contributed by atoms with E-state index in [-0.39, 0.29) is 23.0 Å². The molecule has 0 aliphatic carbocycles. The fourth-order valence-electron chi connectivity index (χ4n) is 2.53. The second kappa shape index (κ2) is 5.78. The fourth-order valence-corrected chi connectivity index (χ4v) is 2.53. The van der Waals surface area contributed by atoms with E-state index in [1.54, 1.807) is 0 Å². The van der Waals surface area contributed by atoms with Gasteiger partial charge in [0.15, 0.2) is 5.78 Å². The summed E-state index contributed by atoms with van der Waals surface area (Å²) in [7, 11) is 0. The van der Waals surface area contributed by atoms with Crippen LogP contribution in [0, 0.1) is 5.92 Å². The largest absolute Gasteiger partial charge is 0.356 e. The molecule has 3 heteroatoms. The Morgan fingerprint density at radius 2 is 1.90 bits per heavy atom. The van der Waals surface area contributed by atoms with Crippen LogP contribution in [-0.4, -0.2) is 18.2 Å². The number of nitrogens with one attached hydrogen (secondary N) is 1. The summed E-state index contributed by atoms with van der Waals surface area (Å²) in [6.45, 7) is 7.19. The molecule has 0 bridgehead atoms. The molecule has 0 saturated carbocycles. The number of piperidine rings is 1. The number of Topliss-reactive ketones (excluding diaryl/α,β-unsaturated/α-hetero) is 1. The predicted octanol–water partition coefficient (Wildman–Crippen LogP) is 3.08. The monoisotopic (exact) mass is 273 g/mol. The van der Waals surface area contributed by atoms with Crippen LogP contribution in [0.2, 0.25) is 0 Å². The molecule has 1 aromatic carbocycles. The molecule has 1 amide bonds. The van der Waals surface area contributed by atoms with Gasteiger partial charge in [-0.2, -0.15) is 0 Å². The van der Waals surface area contributed by atoms with Crippen LogP contribution in [0.5, 0.6) is 0 Å². The number of benzene rings is 1. The Hall–Kier alpha value is -1.64. The average Bonchev–Trinajstić information content (AvgIpc) is 2.40. The minimum atomic E-state index is -0.154. The standard InChI is InChI=1S/C17H23NO2/c1-17(2,3)14-8-6-12(7-9-14)15(19)11-13-5-4-10-18-16(13)20/h6-9,13H,4-5,10-11H2,1-3H3,(H,18,20)/t13-/m1/s1. The molecule has 1 aliphatic heterocycles. The molecule has 108 valence electrons. The first-order chi connectivity index (χ1) is 9.38. The van der Waals surface area contributed by atoms with Gasteiger partial charge in [0.2, 0.25) is 5.91 Å². The van der Waals surface area contributed by atoms with E-state index in [4.69, 9.17) is 0 Å². The van der Waals surface area contributed by atoms with Crippen molar-refractivity contribution in [1.82, 2.24) is 5.32 Å². The molecule has 0 radical (unpaired) electrons. The van der Waals surface area contributed by atoms with Crippen molar-refractivity contribution in [3.8, 4) is 0 Å². The van der Waals surface area contributed by atoms with E-state index in [0.29, 0.717) is 12.0 Å². The van der Waals surface area contributed by atoms with Gasteiger partial charge in [-0.15, -0.1) is 0 Å². The van der Waals surface area contributed by atoms with Gasteiger partial charge in [0.25, 0.3) is 0 Å². The van der Waals surface area contributed by atoms with Crippen molar-refractivity contribution in [1.29, 1.82) is 0 Å². The van der Waals surface area contributed by atoms with Gasteiger partial charge in [0.1, 0.15) is 0 Å². The van der Waals surface area contributed by atoms with E-state index in [2.05, 4.69) is 26.1 Å². The fraction of sp³-hybridized carbons (Fsp3) is 0.529. The summed E-state index contributed by atoms with van der Waals surface area (Å²) in [5.41, 5.74) is 2.01. The minimum absolute atomic E-state index is 0.0240. The third-order valence-electron chi connectivity index (χ3n) is 3.90. The van der Waals surface area contributed by atoms with Crippen LogP contribution in [0.15, 0.2) is 24.3 Å². The van der Waals surface area contributed by atoms with Crippen LogP contribution < -0.4 is 5.32 Å². The Balaban J connectivity index is 2.04. The zero-order chi connectivity index (χ0) is 14.8. The minimum Gasteiger partial charge on any atom is -0.356 e. The van der Waals surface area contributed by atoms with E-state index in [9.17, 15) is 9.59 Å². The lowest BCUT2D eigenvalue weighted by Crippen LogP contribution is -2.37. The van der Waals surface area contributed by atoms with Gasteiger partial charge in [-0.05, 0) is 23.8 Å². The molecule has 0 spiro atoms. The first kappa shape index (κ1) is 14.8. The Morgan fingerprint density at radius 1 is 1.25 bits per heavy atom. The third kappa shape index (κ3) is 3.47. The highest BCUT2D eigenvalue weighted by Gasteiger charge is 2.25. The van der Waals surface area contributed by atoms with Crippen molar-refractivity contribution < 1.29 is 9.59 Å². The topological polar surface area (TPSA) is 46.2 Å². The molecule has 3 nitrogen and oxygen atoms in total. The molecule has 2 rings (SSSR count). The van der Waals surface area contributed by atoms with Gasteiger partial charge < -0.3 is 5.32 Å². The van der Waals surface area contributed by atoms with Gasteiger partial charge in [0, 0.05) is 24.4 Å². The maximum absolute atomic E-state index is 12.2. The molecule has 1 saturated heterocycles. The molecule has 1 fully saturated rings. The maximum Gasteiger partial charge on any atom is 0.223 e. The summed E-state index contributed by atoms with van der Waals surface area (Å²) in [6.07, 6.45) is 2.10. The lowest BCUT2D eigenvalue weighted by atomic mass is 9.85. The van der Waals surface area contributed by atoms with Crippen LogP contribution in [0.4, 0.5) is 0 Å². The molecule has 1 aromatic rings. The Morgan fingerprint density at radius 3 is 2.45 bits per heavy atom. The van der Waals surface area contributed by atoms with E-state index < -0.39 is 0 Å². The zero-order valence-corrected chi connectivity index (χ0v) is 12.5. The normalized spacial score (nSPS) is 19.6. The van der Waals surface area contributed by atoms with Crippen LogP contribution in [0.1, 0.15) is 56.0 Å². The third-order valence-corrected chi connectivity index (χ3v) is 3.90. The van der Waals surface area contributed by atoms with Crippen LogP contribution in [0.3, 0.4) is 0 Å². The molecule has 1 heterocycles. The smallest absolute Gasteiger partial charge is 0.223 e. The Labute approximate surface area is 120 Å². The highest BCUT2D eigenvalue weighted by atomic mass is 16.2. The summed E-state index contributed by atoms with van der Waals surface area (Å²) in [5.74, 6) is -0.0676. The SMILES string of the molecule is CC(C)(C)c1ccc(C(=O)C[C@H]2CCCNC2=O)cc1. The Bertz CT molecular complexity index is 497. The number of carbonyl (C=O) groups is 2. The van der Waals surface area contributed by atoms with Crippen molar-refractivity contribution in [3.05, 3.63) is 35.4 Å². The quantitative estimate of drug-likeness (QED) is 0.860. The van der Waals surface area contributed by atoms with Gasteiger partial charge in [-0.1, -0.05) is 45.0 Å². The molecular formula is C17H23NO2. The van der Waals surface area contributed by atoms with Crippen LogP contribution in [0.25, 0.3) is 0 Å². The highest BCUT2D eigenvalue weighted by Crippen LogP contribution is 2.23. The summed E-state index contributed by atoms with van der Waals surface area (Å²) in [6, 6.07) is 7.77. The van der Waals surface area contributed by atoms with Crippen molar-refractivity contribution >= 4 is 11.7 Å². The highest BCUT2D eigenvalue weighted by molar-refractivity contribution is 5.98. The summed E-state index contributed by atoms with van der Waals surface area (Å²) in [4.78, 5) is 23.9. The lowest BCUT2D eigenvalue weighted by Gasteiger charge is -2.21. The molecule has 1 N–H and O–H groups in total. The van der Waals surface area contributed by atoms with Gasteiger partial charge in [0.05, 0.1) is 0 Å². The molecular weight excluding hydrogens is 250 g/mol. The molecule has 1 atom stereocenters. The summed E-state index contributed by atoms with van der Waals surface area (Å²) < 4.78 is 0. The lowest BCUT2D eigenvalue weighted by molar-refractivity contribution is -0.126. The first-order valence-corrected chi connectivity index (χ1v) is 7.29. The van der Waals surface area contributed by atoms with Gasteiger partial charge in [-0.3, -0.25) is 9.59 Å². The maximum atomic E-state index is 12.2. The number of ketones is 1. The first-order valence-electron chi connectivity index (χ1n) is 7.29.